The van der Waals surface area contributed by atoms with Crippen LogP contribution in [-0.2, 0) is 16.0 Å². The van der Waals surface area contributed by atoms with Crippen molar-refractivity contribution in [2.45, 2.75) is 18.4 Å². The van der Waals surface area contributed by atoms with E-state index in [1.165, 1.54) is 0 Å². The molecule has 5 nitrogen and oxygen atoms in total. The fraction of sp³-hybridized carbons (Fsp3) is 0.667. The average molecular weight is 310 g/mol. The van der Waals surface area contributed by atoms with E-state index in [1.807, 2.05) is 17.5 Å². The molecule has 0 aliphatic carbocycles. The normalized spacial score (nSPS) is 27.2. The highest BCUT2D eigenvalue weighted by molar-refractivity contribution is 7.10. The van der Waals surface area contributed by atoms with E-state index in [9.17, 15) is 9.90 Å². The Balaban J connectivity index is 1.52. The van der Waals surface area contributed by atoms with Crippen LogP contribution in [0.4, 0.5) is 0 Å². The number of likely N-dealkylation sites (tertiary alicyclic amines) is 1. The van der Waals surface area contributed by atoms with Gasteiger partial charge in [-0.2, -0.15) is 0 Å². The Morgan fingerprint density at radius 1 is 1.38 bits per heavy atom. The van der Waals surface area contributed by atoms with Crippen molar-refractivity contribution in [1.29, 1.82) is 0 Å². The van der Waals surface area contributed by atoms with E-state index in [0.717, 1.165) is 31.2 Å². The Kier molecular flexibility index (Phi) is 4.59. The minimum atomic E-state index is -0.761. The van der Waals surface area contributed by atoms with Gasteiger partial charge >= 0.3 is 0 Å². The van der Waals surface area contributed by atoms with Gasteiger partial charge in [0.1, 0.15) is 0 Å². The van der Waals surface area contributed by atoms with Crippen LogP contribution in [0.2, 0.25) is 0 Å². The Hall–Kier alpha value is -0.950. The van der Waals surface area contributed by atoms with Crippen LogP contribution in [0, 0.1) is 0 Å². The molecule has 2 aliphatic rings. The van der Waals surface area contributed by atoms with Crippen LogP contribution < -0.4 is 0 Å². The smallest absolute Gasteiger partial charge is 0.227 e. The van der Waals surface area contributed by atoms with Gasteiger partial charge in [-0.25, -0.2) is 0 Å². The summed E-state index contributed by atoms with van der Waals surface area (Å²) in [6.07, 6.45) is 1.12. The van der Waals surface area contributed by atoms with E-state index in [4.69, 9.17) is 4.74 Å². The highest BCUT2D eigenvalue weighted by Crippen LogP contribution is 2.24. The summed E-state index contributed by atoms with van der Waals surface area (Å²) in [6.45, 7) is 4.95. The number of thiophene rings is 1. The molecule has 1 N–H and O–H groups in total. The van der Waals surface area contributed by atoms with E-state index in [1.54, 1.807) is 16.2 Å². The van der Waals surface area contributed by atoms with Gasteiger partial charge in [-0.05, 0) is 17.9 Å². The molecule has 0 aromatic carbocycles. The number of nitrogens with zero attached hydrogens (tertiary/aromatic N) is 2. The SMILES string of the molecule is O=C(Cc1cccs1)N1CC[C@@](O)(CN2CCOCC2)C1. The molecule has 1 aromatic rings. The summed E-state index contributed by atoms with van der Waals surface area (Å²) >= 11 is 1.61. The summed E-state index contributed by atoms with van der Waals surface area (Å²) in [5.41, 5.74) is -0.761. The standard InChI is InChI=1S/C15H22N2O3S/c18-14(10-13-2-1-9-21-13)17-4-3-15(19,12-17)11-16-5-7-20-8-6-16/h1-2,9,19H,3-8,10-12H2/t15-/m1/s1. The van der Waals surface area contributed by atoms with Crippen molar-refractivity contribution in [3.63, 3.8) is 0 Å². The number of rotatable bonds is 4. The Bertz CT molecular complexity index is 473. The highest BCUT2D eigenvalue weighted by atomic mass is 32.1. The molecule has 2 fully saturated rings. The third-order valence-electron chi connectivity index (χ3n) is 4.21. The van der Waals surface area contributed by atoms with Crippen molar-refractivity contribution >= 4 is 17.2 Å². The van der Waals surface area contributed by atoms with Crippen molar-refractivity contribution in [2.75, 3.05) is 45.9 Å². The van der Waals surface area contributed by atoms with Gasteiger partial charge in [0.25, 0.3) is 0 Å². The maximum absolute atomic E-state index is 12.3. The first-order chi connectivity index (χ1) is 10.1. The van der Waals surface area contributed by atoms with Gasteiger partial charge in [-0.15, -0.1) is 11.3 Å². The lowest BCUT2D eigenvalue weighted by Gasteiger charge is -2.33. The second-order valence-corrected chi connectivity index (χ2v) is 6.97. The number of morpholine rings is 1. The maximum atomic E-state index is 12.3. The third-order valence-corrected chi connectivity index (χ3v) is 5.09. The van der Waals surface area contributed by atoms with E-state index in [2.05, 4.69) is 4.90 Å². The molecule has 1 aromatic heterocycles. The molecule has 1 atom stereocenters. The van der Waals surface area contributed by atoms with Crippen LogP contribution in [0.25, 0.3) is 0 Å². The minimum absolute atomic E-state index is 0.121. The van der Waals surface area contributed by atoms with Crippen molar-refractivity contribution in [2.24, 2.45) is 0 Å². The molecule has 0 unspecified atom stereocenters. The molecule has 0 spiro atoms. The zero-order valence-corrected chi connectivity index (χ0v) is 13.0. The van der Waals surface area contributed by atoms with Crippen LogP contribution in [0.5, 0.6) is 0 Å². The van der Waals surface area contributed by atoms with Crippen molar-refractivity contribution < 1.29 is 14.6 Å². The number of carbonyl (C=O) groups excluding carboxylic acids is 1. The van der Waals surface area contributed by atoms with Crippen molar-refractivity contribution in [3.05, 3.63) is 22.4 Å². The van der Waals surface area contributed by atoms with Gasteiger partial charge in [0.05, 0.1) is 31.8 Å². The summed E-state index contributed by atoms with van der Waals surface area (Å²) in [5, 5.41) is 12.7. The highest BCUT2D eigenvalue weighted by Gasteiger charge is 2.39. The lowest BCUT2D eigenvalue weighted by atomic mass is 10.0. The summed E-state index contributed by atoms with van der Waals surface area (Å²) in [6, 6.07) is 3.95. The summed E-state index contributed by atoms with van der Waals surface area (Å²) in [7, 11) is 0. The molecule has 2 aliphatic heterocycles. The minimum Gasteiger partial charge on any atom is -0.387 e. The lowest BCUT2D eigenvalue weighted by Crippen LogP contribution is -2.49. The van der Waals surface area contributed by atoms with E-state index >= 15 is 0 Å². The predicted octanol–water partition coefficient (Wildman–Crippen LogP) is 0.586. The molecule has 3 heterocycles. The summed E-state index contributed by atoms with van der Waals surface area (Å²) in [4.78, 5) is 17.4. The van der Waals surface area contributed by atoms with Crippen LogP contribution in [0.15, 0.2) is 17.5 Å². The first-order valence-corrected chi connectivity index (χ1v) is 8.35. The fourth-order valence-corrected chi connectivity index (χ4v) is 3.74. The van der Waals surface area contributed by atoms with Gasteiger partial charge in [0.15, 0.2) is 0 Å². The maximum Gasteiger partial charge on any atom is 0.227 e. The average Bonchev–Trinajstić information content (AvgIpc) is 3.10. The zero-order valence-electron chi connectivity index (χ0n) is 12.2. The molecule has 0 saturated carbocycles. The predicted molar refractivity (Wildman–Crippen MR) is 81.4 cm³/mol. The molecule has 6 heteroatoms. The monoisotopic (exact) mass is 310 g/mol. The molecule has 2 saturated heterocycles. The molecular formula is C15H22N2O3S. The topological polar surface area (TPSA) is 53.0 Å². The molecule has 0 radical (unpaired) electrons. The fourth-order valence-electron chi connectivity index (χ4n) is 3.05. The van der Waals surface area contributed by atoms with Gasteiger partial charge in [0.2, 0.25) is 5.91 Å². The van der Waals surface area contributed by atoms with Crippen LogP contribution in [-0.4, -0.2) is 72.4 Å². The van der Waals surface area contributed by atoms with Gasteiger partial charge in [-0.1, -0.05) is 6.07 Å². The molecule has 1 amide bonds. The molecular weight excluding hydrogens is 288 g/mol. The van der Waals surface area contributed by atoms with Crippen LogP contribution in [0.3, 0.4) is 0 Å². The first-order valence-electron chi connectivity index (χ1n) is 7.47. The third kappa shape index (κ3) is 3.83. The van der Waals surface area contributed by atoms with Gasteiger partial charge in [0, 0.05) is 31.1 Å². The summed E-state index contributed by atoms with van der Waals surface area (Å²) in [5.74, 6) is 0.121. The van der Waals surface area contributed by atoms with Gasteiger partial charge < -0.3 is 14.7 Å². The molecule has 0 bridgehead atoms. The molecule has 21 heavy (non-hydrogen) atoms. The van der Waals surface area contributed by atoms with E-state index in [-0.39, 0.29) is 5.91 Å². The Morgan fingerprint density at radius 3 is 2.90 bits per heavy atom. The Labute approximate surface area is 129 Å². The van der Waals surface area contributed by atoms with Crippen LogP contribution in [0.1, 0.15) is 11.3 Å². The zero-order chi connectivity index (χ0) is 14.7. The van der Waals surface area contributed by atoms with E-state index in [0.29, 0.717) is 32.5 Å². The van der Waals surface area contributed by atoms with Gasteiger partial charge in [-0.3, -0.25) is 9.69 Å². The second kappa shape index (κ2) is 6.44. The van der Waals surface area contributed by atoms with E-state index < -0.39 is 5.60 Å². The number of carbonyl (C=O) groups is 1. The lowest BCUT2D eigenvalue weighted by molar-refractivity contribution is -0.130. The number of hydrogen-bond acceptors (Lipinski definition) is 5. The van der Waals surface area contributed by atoms with Crippen molar-refractivity contribution in [3.8, 4) is 0 Å². The van der Waals surface area contributed by atoms with Crippen molar-refractivity contribution in [1.82, 2.24) is 9.80 Å². The Morgan fingerprint density at radius 2 is 2.19 bits per heavy atom. The number of hydrogen-bond donors (Lipinski definition) is 1. The van der Waals surface area contributed by atoms with Crippen LogP contribution >= 0.6 is 11.3 Å². The largest absolute Gasteiger partial charge is 0.387 e. The summed E-state index contributed by atoms with van der Waals surface area (Å²) < 4.78 is 5.33. The molecule has 3 rings (SSSR count). The molecule has 116 valence electrons. The number of ether oxygens (including phenoxy) is 1. The number of amides is 1. The first kappa shape index (κ1) is 15.0. The second-order valence-electron chi connectivity index (χ2n) is 5.93. The number of aliphatic hydroxyl groups is 1. The number of β-amino-alcohol motifs (C(OH)–C–C–N with tert-alkyl or cyclic N) is 1. The quantitative estimate of drug-likeness (QED) is 0.884.